The summed E-state index contributed by atoms with van der Waals surface area (Å²) in [6, 6.07) is 0. The fourth-order valence-electron chi connectivity index (χ4n) is 1.53. The normalized spacial score (nSPS) is 11.8. The van der Waals surface area contributed by atoms with Gasteiger partial charge >= 0.3 is 0 Å². The first-order valence-electron chi connectivity index (χ1n) is 6.79. The lowest BCUT2D eigenvalue weighted by atomic mass is 9.95. The number of alkyl halides is 2. The predicted octanol–water partition coefficient (Wildman–Crippen LogP) is 3.55. The van der Waals surface area contributed by atoms with E-state index in [9.17, 15) is 8.78 Å². The topological polar surface area (TPSA) is 47.0 Å². The van der Waals surface area contributed by atoms with Gasteiger partial charge in [0, 0.05) is 12.0 Å². The summed E-state index contributed by atoms with van der Waals surface area (Å²) in [5.41, 5.74) is 0.381. The maximum Gasteiger partial charge on any atom is 0.272 e. The zero-order chi connectivity index (χ0) is 15.3. The van der Waals surface area contributed by atoms with E-state index in [1.54, 1.807) is 6.92 Å². The van der Waals surface area contributed by atoms with Crippen molar-refractivity contribution in [1.82, 2.24) is 9.97 Å². The first kappa shape index (κ1) is 16.6. The summed E-state index contributed by atoms with van der Waals surface area (Å²) in [6.07, 6.45) is -1.57. The van der Waals surface area contributed by atoms with Crippen molar-refractivity contribution in [2.75, 3.05) is 18.5 Å². The Balaban J connectivity index is 3.13. The minimum atomic E-state index is -2.52. The molecule has 20 heavy (non-hydrogen) atoms. The molecule has 1 aromatic rings. The van der Waals surface area contributed by atoms with E-state index in [1.807, 2.05) is 27.7 Å². The summed E-state index contributed by atoms with van der Waals surface area (Å²) in [5, 5.41) is 3.18. The maximum absolute atomic E-state index is 12.3. The quantitative estimate of drug-likeness (QED) is 0.869. The van der Waals surface area contributed by atoms with Crippen molar-refractivity contribution in [1.29, 1.82) is 0 Å². The van der Waals surface area contributed by atoms with Gasteiger partial charge in [0.25, 0.3) is 6.43 Å². The third-order valence-electron chi connectivity index (χ3n) is 2.66. The second-order valence-corrected chi connectivity index (χ2v) is 5.70. The van der Waals surface area contributed by atoms with Crippen molar-refractivity contribution < 1.29 is 13.5 Å². The molecule has 114 valence electrons. The second kappa shape index (κ2) is 6.81. The Bertz CT molecular complexity index is 445. The third-order valence-corrected chi connectivity index (χ3v) is 2.66. The minimum absolute atomic E-state index is 0.226. The van der Waals surface area contributed by atoms with Crippen molar-refractivity contribution in [3.05, 3.63) is 11.4 Å². The monoisotopic (exact) mass is 287 g/mol. The Kier molecular flexibility index (Phi) is 5.65. The zero-order valence-electron chi connectivity index (χ0n) is 12.8. The Morgan fingerprint density at radius 3 is 2.40 bits per heavy atom. The molecular weight excluding hydrogens is 264 g/mol. The van der Waals surface area contributed by atoms with E-state index in [0.717, 1.165) is 13.0 Å². The Morgan fingerprint density at radius 1 is 1.25 bits per heavy atom. The number of rotatable bonds is 6. The summed E-state index contributed by atoms with van der Waals surface area (Å²) < 4.78 is 29.7. The van der Waals surface area contributed by atoms with Crippen LogP contribution in [0.2, 0.25) is 0 Å². The van der Waals surface area contributed by atoms with E-state index in [1.165, 1.54) is 0 Å². The summed E-state index contributed by atoms with van der Waals surface area (Å²) in [7, 11) is 0. The van der Waals surface area contributed by atoms with Gasteiger partial charge in [0.1, 0.15) is 11.6 Å². The van der Waals surface area contributed by atoms with Crippen LogP contribution in [0.1, 0.15) is 45.5 Å². The fraction of sp³-hybridized carbons (Fsp3) is 0.714. The number of hydrogen-bond acceptors (Lipinski definition) is 4. The summed E-state index contributed by atoms with van der Waals surface area (Å²) in [5.74, 6) is 1.45. The summed E-state index contributed by atoms with van der Waals surface area (Å²) in [6.45, 7) is 9.83. The van der Waals surface area contributed by atoms with Crippen LogP contribution in [0.4, 0.5) is 14.6 Å². The zero-order valence-corrected chi connectivity index (χ0v) is 12.8. The number of halogens is 2. The van der Waals surface area contributed by atoms with Crippen LogP contribution >= 0.6 is 0 Å². The second-order valence-electron chi connectivity index (χ2n) is 5.70. The number of ether oxygens (including phenoxy) is 1. The van der Waals surface area contributed by atoms with E-state index in [-0.39, 0.29) is 11.3 Å². The van der Waals surface area contributed by atoms with Crippen LogP contribution in [-0.2, 0) is 5.41 Å². The molecule has 0 spiro atoms. The van der Waals surface area contributed by atoms with E-state index in [4.69, 9.17) is 4.74 Å². The van der Waals surface area contributed by atoms with Gasteiger partial charge in [-0.2, -0.15) is 4.98 Å². The highest BCUT2D eigenvalue weighted by molar-refractivity contribution is 5.49. The van der Waals surface area contributed by atoms with Crippen molar-refractivity contribution in [3.8, 4) is 5.88 Å². The van der Waals surface area contributed by atoms with Gasteiger partial charge in [-0.1, -0.05) is 27.7 Å². The molecule has 0 unspecified atom stereocenters. The molecule has 1 N–H and O–H groups in total. The van der Waals surface area contributed by atoms with Crippen LogP contribution in [-0.4, -0.2) is 29.5 Å². The minimum Gasteiger partial charge on any atom is -0.471 e. The maximum atomic E-state index is 12.3. The van der Waals surface area contributed by atoms with Crippen LogP contribution in [0.25, 0.3) is 0 Å². The molecule has 1 aromatic heterocycles. The number of nitrogens with one attached hydrogen (secondary N) is 1. The highest BCUT2D eigenvalue weighted by Crippen LogP contribution is 2.27. The molecule has 0 bridgehead atoms. The Hall–Kier alpha value is -1.46. The first-order valence-corrected chi connectivity index (χ1v) is 6.79. The summed E-state index contributed by atoms with van der Waals surface area (Å²) >= 11 is 0. The highest BCUT2D eigenvalue weighted by Gasteiger charge is 2.22. The van der Waals surface area contributed by atoms with Gasteiger partial charge in [-0.3, -0.25) is 0 Å². The van der Waals surface area contributed by atoms with Crippen LogP contribution < -0.4 is 10.1 Å². The molecule has 0 radical (unpaired) electrons. The lowest BCUT2D eigenvalue weighted by Crippen LogP contribution is -2.20. The largest absolute Gasteiger partial charge is 0.471 e. The van der Waals surface area contributed by atoms with Crippen molar-refractivity contribution in [2.45, 2.75) is 52.9 Å². The molecule has 0 saturated heterocycles. The van der Waals surface area contributed by atoms with Gasteiger partial charge in [-0.15, -0.1) is 0 Å². The van der Waals surface area contributed by atoms with Crippen LogP contribution in [0.15, 0.2) is 0 Å². The first-order chi connectivity index (χ1) is 9.25. The molecule has 4 nitrogen and oxygen atoms in total. The molecule has 0 saturated carbocycles. The molecule has 0 aliphatic carbocycles. The van der Waals surface area contributed by atoms with E-state index in [2.05, 4.69) is 15.3 Å². The van der Waals surface area contributed by atoms with E-state index < -0.39 is 13.0 Å². The fourth-order valence-corrected chi connectivity index (χ4v) is 1.53. The van der Waals surface area contributed by atoms with Crippen molar-refractivity contribution >= 4 is 5.82 Å². The van der Waals surface area contributed by atoms with Gasteiger partial charge in [-0.05, 0) is 13.3 Å². The predicted molar refractivity (Wildman–Crippen MR) is 75.7 cm³/mol. The number of aromatic nitrogens is 2. The molecule has 1 rings (SSSR count). The molecule has 6 heteroatoms. The van der Waals surface area contributed by atoms with Crippen molar-refractivity contribution in [2.24, 2.45) is 0 Å². The lowest BCUT2D eigenvalue weighted by molar-refractivity contribution is 0.0789. The molecule has 0 fully saturated rings. The molecule has 1 heterocycles. The number of anilines is 1. The van der Waals surface area contributed by atoms with Gasteiger partial charge in [0.05, 0.1) is 5.56 Å². The van der Waals surface area contributed by atoms with Crippen molar-refractivity contribution in [3.63, 3.8) is 0 Å². The molecular formula is C14H23F2N3O. The van der Waals surface area contributed by atoms with E-state index >= 15 is 0 Å². The molecule has 0 aliphatic rings. The number of nitrogens with zero attached hydrogens (tertiary/aromatic N) is 2. The van der Waals surface area contributed by atoms with Crippen LogP contribution in [0.5, 0.6) is 5.88 Å². The van der Waals surface area contributed by atoms with Gasteiger partial charge in [0.2, 0.25) is 5.88 Å². The standard InChI is InChI=1S/C14H23F2N3O/c1-6-7-17-11-9(2)12(20-8-10(15)16)19-13(18-11)14(3,4)5/h10H,6-8H2,1-5H3,(H,17,18,19). The van der Waals surface area contributed by atoms with Gasteiger partial charge < -0.3 is 10.1 Å². The number of hydrogen-bond donors (Lipinski definition) is 1. The summed E-state index contributed by atoms with van der Waals surface area (Å²) in [4.78, 5) is 8.76. The molecule has 0 aromatic carbocycles. The SMILES string of the molecule is CCCNc1nc(C(C)(C)C)nc(OCC(F)F)c1C. The van der Waals surface area contributed by atoms with Crippen LogP contribution in [0.3, 0.4) is 0 Å². The van der Waals surface area contributed by atoms with E-state index in [0.29, 0.717) is 17.2 Å². The van der Waals surface area contributed by atoms with Gasteiger partial charge in [0.15, 0.2) is 6.61 Å². The smallest absolute Gasteiger partial charge is 0.272 e. The molecule has 0 atom stereocenters. The average molecular weight is 287 g/mol. The Labute approximate surface area is 119 Å². The third kappa shape index (κ3) is 4.58. The molecule has 0 amide bonds. The average Bonchev–Trinajstić information content (AvgIpc) is 2.34. The molecule has 0 aliphatic heterocycles. The van der Waals surface area contributed by atoms with Gasteiger partial charge in [-0.25, -0.2) is 13.8 Å². The van der Waals surface area contributed by atoms with Crippen LogP contribution in [0, 0.1) is 6.92 Å². The lowest BCUT2D eigenvalue weighted by Gasteiger charge is -2.20. The Morgan fingerprint density at radius 2 is 1.90 bits per heavy atom. The highest BCUT2D eigenvalue weighted by atomic mass is 19.3.